The zero-order valence-corrected chi connectivity index (χ0v) is 15.0. The third-order valence-electron chi connectivity index (χ3n) is 2.62. The average molecular weight is 306 g/mol. The molecule has 1 heterocycles. The molecule has 1 rings (SSSR count). The van der Waals surface area contributed by atoms with Gasteiger partial charge in [0.25, 0.3) is 0 Å². The molecular weight excluding hydrogens is 272 g/mol. The van der Waals surface area contributed by atoms with Crippen LogP contribution in [-0.2, 0) is 0 Å². The first kappa shape index (κ1) is 19.5. The van der Waals surface area contributed by atoms with Crippen LogP contribution in [0.5, 0.6) is 0 Å². The summed E-state index contributed by atoms with van der Waals surface area (Å²) < 4.78 is 0.958. The van der Waals surface area contributed by atoms with Gasteiger partial charge in [-0.05, 0) is 6.54 Å². The number of nitrogens with zero attached hydrogens (tertiary/aromatic N) is 4. The van der Waals surface area contributed by atoms with Crippen molar-refractivity contribution in [3.63, 3.8) is 0 Å². The van der Waals surface area contributed by atoms with Gasteiger partial charge in [0.1, 0.15) is 0 Å². The van der Waals surface area contributed by atoms with Crippen molar-refractivity contribution < 1.29 is 4.48 Å². The SMILES string of the molecule is CC.CCNCCSC1=NNN(C)N1CC[N+](C)(C)C. The van der Waals surface area contributed by atoms with Gasteiger partial charge in [0.2, 0.25) is 5.17 Å². The van der Waals surface area contributed by atoms with Gasteiger partial charge in [-0.15, -0.1) is 10.2 Å². The van der Waals surface area contributed by atoms with E-state index in [9.17, 15) is 0 Å². The first-order valence-electron chi connectivity index (χ1n) is 7.42. The van der Waals surface area contributed by atoms with Crippen LogP contribution in [0.15, 0.2) is 5.10 Å². The minimum atomic E-state index is 0.958. The summed E-state index contributed by atoms with van der Waals surface area (Å²) in [5.74, 6) is 1.04. The van der Waals surface area contributed by atoms with Gasteiger partial charge >= 0.3 is 0 Å². The fourth-order valence-corrected chi connectivity index (χ4v) is 2.39. The predicted octanol–water partition coefficient (Wildman–Crippen LogP) is 1.000. The molecule has 120 valence electrons. The van der Waals surface area contributed by atoms with E-state index in [1.54, 1.807) is 11.8 Å². The summed E-state index contributed by atoms with van der Waals surface area (Å²) in [7, 11) is 8.62. The summed E-state index contributed by atoms with van der Waals surface area (Å²) in [6, 6.07) is 0. The molecule has 2 N–H and O–H groups in total. The van der Waals surface area contributed by atoms with Gasteiger partial charge in [0.05, 0.1) is 34.2 Å². The summed E-state index contributed by atoms with van der Waals surface area (Å²) in [4.78, 5) is 0. The lowest BCUT2D eigenvalue weighted by Crippen LogP contribution is -2.48. The molecule has 6 nitrogen and oxygen atoms in total. The predicted molar refractivity (Wildman–Crippen MR) is 90.3 cm³/mol. The molecule has 0 aromatic rings. The molecule has 0 spiro atoms. The molecule has 0 aliphatic carbocycles. The summed E-state index contributed by atoms with van der Waals surface area (Å²) in [5.41, 5.74) is 3.00. The lowest BCUT2D eigenvalue weighted by Gasteiger charge is -2.30. The molecule has 7 heteroatoms. The summed E-state index contributed by atoms with van der Waals surface area (Å²) in [6.45, 7) is 10.2. The highest BCUT2D eigenvalue weighted by Gasteiger charge is 2.24. The van der Waals surface area contributed by atoms with Gasteiger partial charge in [-0.25, -0.2) is 5.53 Å². The number of hydrogen-bond acceptors (Lipinski definition) is 6. The highest BCUT2D eigenvalue weighted by molar-refractivity contribution is 8.13. The average Bonchev–Trinajstić information content (AvgIpc) is 2.75. The van der Waals surface area contributed by atoms with Gasteiger partial charge in [-0.3, -0.25) is 5.01 Å². The maximum absolute atomic E-state index is 4.34. The number of thioether (sulfide) groups is 1. The summed E-state index contributed by atoms with van der Waals surface area (Å²) in [5, 5.41) is 12.9. The topological polar surface area (TPSA) is 42.9 Å². The van der Waals surface area contributed by atoms with E-state index < -0.39 is 0 Å². The van der Waals surface area contributed by atoms with Crippen LogP contribution in [0.4, 0.5) is 0 Å². The third kappa shape index (κ3) is 7.94. The Labute approximate surface area is 129 Å². The monoisotopic (exact) mass is 305 g/mol. The zero-order valence-electron chi connectivity index (χ0n) is 14.2. The quantitative estimate of drug-likeness (QED) is 0.543. The van der Waals surface area contributed by atoms with E-state index in [0.29, 0.717) is 0 Å². The van der Waals surface area contributed by atoms with Crippen molar-refractivity contribution in [2.24, 2.45) is 5.10 Å². The molecule has 1 aliphatic heterocycles. The van der Waals surface area contributed by atoms with Crippen LogP contribution in [0, 0.1) is 0 Å². The van der Waals surface area contributed by atoms with Crippen molar-refractivity contribution in [3.8, 4) is 0 Å². The Balaban J connectivity index is 0.00000172. The molecule has 20 heavy (non-hydrogen) atoms. The first-order valence-corrected chi connectivity index (χ1v) is 8.41. The molecule has 0 aromatic heterocycles. The van der Waals surface area contributed by atoms with Gasteiger partial charge in [-0.1, -0.05) is 32.5 Å². The van der Waals surface area contributed by atoms with E-state index in [1.165, 1.54) is 0 Å². The van der Waals surface area contributed by atoms with Crippen molar-refractivity contribution in [1.82, 2.24) is 21.0 Å². The summed E-state index contributed by atoms with van der Waals surface area (Å²) in [6.07, 6.45) is 0. The number of hydrogen-bond donors (Lipinski definition) is 2. The fourth-order valence-electron chi connectivity index (χ4n) is 1.49. The molecule has 0 unspecified atom stereocenters. The van der Waals surface area contributed by atoms with Crippen LogP contribution in [0.3, 0.4) is 0 Å². The van der Waals surface area contributed by atoms with E-state index in [-0.39, 0.29) is 0 Å². The van der Waals surface area contributed by atoms with E-state index >= 15 is 0 Å². The Bertz CT molecular complexity index is 277. The summed E-state index contributed by atoms with van der Waals surface area (Å²) >= 11 is 1.79. The maximum atomic E-state index is 4.34. The Kier molecular flexibility index (Phi) is 10.0. The van der Waals surface area contributed by atoms with E-state index in [4.69, 9.17) is 0 Å². The Morgan fingerprint density at radius 1 is 1.30 bits per heavy atom. The highest BCUT2D eigenvalue weighted by Crippen LogP contribution is 2.14. The van der Waals surface area contributed by atoms with Gasteiger partial charge < -0.3 is 9.80 Å². The normalized spacial score (nSPS) is 15.6. The largest absolute Gasteiger partial charge is 0.329 e. The molecule has 0 radical (unpaired) electrons. The van der Waals surface area contributed by atoms with Crippen LogP contribution in [0.25, 0.3) is 0 Å². The van der Waals surface area contributed by atoms with Crippen molar-refractivity contribution in [1.29, 1.82) is 0 Å². The molecule has 0 atom stereocenters. The van der Waals surface area contributed by atoms with Crippen LogP contribution < -0.4 is 10.9 Å². The van der Waals surface area contributed by atoms with Crippen molar-refractivity contribution in [2.75, 3.05) is 60.1 Å². The first-order chi connectivity index (χ1) is 9.44. The number of nitrogens with one attached hydrogen (secondary N) is 2. The van der Waals surface area contributed by atoms with Crippen molar-refractivity contribution in [2.45, 2.75) is 20.8 Å². The van der Waals surface area contributed by atoms with Crippen LogP contribution >= 0.6 is 11.8 Å². The fraction of sp³-hybridized carbons (Fsp3) is 0.923. The molecular formula is C13H33N6S+. The van der Waals surface area contributed by atoms with Gasteiger partial charge in [-0.2, -0.15) is 0 Å². The maximum Gasteiger partial charge on any atom is 0.200 e. The molecule has 0 fully saturated rings. The number of amidine groups is 1. The second-order valence-electron chi connectivity index (χ2n) is 5.36. The standard InChI is InChI=1S/C11H27N6S.C2H6/c1-6-12-7-10-18-11-13-14-15(2)16(11)8-9-17(3,4)5;1-2/h12,14H,6-10H2,1-5H3;1-2H3/q+1;. The second kappa shape index (κ2) is 10.3. The molecule has 0 aromatic carbocycles. The minimum absolute atomic E-state index is 0.958. The van der Waals surface area contributed by atoms with Crippen LogP contribution in [0.2, 0.25) is 0 Å². The number of likely N-dealkylation sites (N-methyl/N-ethyl adjacent to an activating group) is 1. The molecule has 0 bridgehead atoms. The number of rotatable bonds is 7. The van der Waals surface area contributed by atoms with E-state index in [2.05, 4.69) is 49.0 Å². The minimum Gasteiger partial charge on any atom is -0.329 e. The van der Waals surface area contributed by atoms with Crippen LogP contribution in [0.1, 0.15) is 20.8 Å². The number of hydrazine groups is 2. The third-order valence-corrected chi connectivity index (χ3v) is 3.58. The lowest BCUT2D eigenvalue weighted by atomic mass is 10.5. The number of quaternary nitrogens is 1. The van der Waals surface area contributed by atoms with Crippen molar-refractivity contribution >= 4 is 16.9 Å². The number of hydrazone groups is 1. The lowest BCUT2D eigenvalue weighted by molar-refractivity contribution is -0.869. The van der Waals surface area contributed by atoms with Gasteiger partial charge in [0.15, 0.2) is 0 Å². The Hall–Kier alpha value is -0.500. The molecule has 0 saturated heterocycles. The molecule has 0 saturated carbocycles. The zero-order chi connectivity index (χ0) is 15.6. The van der Waals surface area contributed by atoms with Crippen molar-refractivity contribution in [3.05, 3.63) is 0 Å². The Morgan fingerprint density at radius 2 is 1.95 bits per heavy atom. The highest BCUT2D eigenvalue weighted by atomic mass is 32.2. The van der Waals surface area contributed by atoms with Crippen LogP contribution in [-0.4, -0.2) is 79.9 Å². The second-order valence-corrected chi connectivity index (χ2v) is 6.42. The Morgan fingerprint density at radius 3 is 2.50 bits per heavy atom. The van der Waals surface area contributed by atoms with E-state index in [1.807, 2.05) is 26.0 Å². The molecule has 0 amide bonds. The van der Waals surface area contributed by atoms with Gasteiger partial charge in [0, 0.05) is 19.3 Å². The molecule has 1 aliphatic rings. The smallest absolute Gasteiger partial charge is 0.200 e. The van der Waals surface area contributed by atoms with E-state index in [0.717, 1.165) is 41.6 Å².